The van der Waals surface area contributed by atoms with Crippen molar-refractivity contribution in [3.63, 3.8) is 0 Å². The normalized spacial score (nSPS) is 26.0. The minimum atomic E-state index is -0.100. The van der Waals surface area contributed by atoms with E-state index in [4.69, 9.17) is 0 Å². The van der Waals surface area contributed by atoms with Crippen LogP contribution in [0.2, 0.25) is 0 Å². The maximum atomic E-state index is 11.1. The number of carbonyl (C=O) groups excluding carboxylic acids is 1. The van der Waals surface area contributed by atoms with Gasteiger partial charge in [0.15, 0.2) is 0 Å². The molecule has 1 aliphatic rings. The van der Waals surface area contributed by atoms with E-state index >= 15 is 0 Å². The minimum absolute atomic E-state index is 0.100. The van der Waals surface area contributed by atoms with Crippen molar-refractivity contribution in [2.45, 2.75) is 19.5 Å². The standard InChI is InChI=1S/C7H14N2O/c1-7(2)8(3)5-6(10)9(7)4/h5H2,1-4H3. The molecule has 3 heteroatoms. The Bertz CT molecular complexity index is 165. The lowest BCUT2D eigenvalue weighted by Gasteiger charge is -2.32. The molecule has 0 aromatic rings. The molecule has 3 nitrogen and oxygen atoms in total. The summed E-state index contributed by atoms with van der Waals surface area (Å²) in [6.07, 6.45) is 0. The second-order valence-electron chi connectivity index (χ2n) is 3.30. The molecule has 1 rings (SSSR count). The van der Waals surface area contributed by atoms with E-state index < -0.39 is 0 Å². The Morgan fingerprint density at radius 3 is 2.00 bits per heavy atom. The Morgan fingerprint density at radius 1 is 1.40 bits per heavy atom. The lowest BCUT2D eigenvalue weighted by Crippen LogP contribution is -2.45. The first-order valence-corrected chi connectivity index (χ1v) is 3.44. The first-order valence-electron chi connectivity index (χ1n) is 3.44. The van der Waals surface area contributed by atoms with E-state index in [-0.39, 0.29) is 11.6 Å². The molecule has 0 aliphatic carbocycles. The van der Waals surface area contributed by atoms with Crippen molar-refractivity contribution in [1.29, 1.82) is 0 Å². The number of hydrogen-bond acceptors (Lipinski definition) is 2. The number of rotatable bonds is 0. The average Bonchev–Trinajstić information content (AvgIpc) is 1.97. The summed E-state index contributed by atoms with van der Waals surface area (Å²) in [5.41, 5.74) is -0.100. The van der Waals surface area contributed by atoms with Crippen LogP contribution in [-0.2, 0) is 4.79 Å². The summed E-state index contributed by atoms with van der Waals surface area (Å²) in [7, 11) is 3.80. The van der Waals surface area contributed by atoms with Gasteiger partial charge in [-0.05, 0) is 20.9 Å². The van der Waals surface area contributed by atoms with Crippen molar-refractivity contribution in [2.75, 3.05) is 20.6 Å². The molecule has 58 valence electrons. The molecular formula is C7H14N2O. The van der Waals surface area contributed by atoms with E-state index in [0.29, 0.717) is 6.54 Å². The highest BCUT2D eigenvalue weighted by Crippen LogP contribution is 2.22. The topological polar surface area (TPSA) is 23.6 Å². The zero-order chi connectivity index (χ0) is 7.94. The molecule has 0 radical (unpaired) electrons. The molecule has 0 spiro atoms. The highest BCUT2D eigenvalue weighted by atomic mass is 16.2. The van der Waals surface area contributed by atoms with Gasteiger partial charge in [0.25, 0.3) is 0 Å². The van der Waals surface area contributed by atoms with Gasteiger partial charge in [-0.2, -0.15) is 0 Å². The number of hydrogen-bond donors (Lipinski definition) is 0. The summed E-state index contributed by atoms with van der Waals surface area (Å²) in [5, 5.41) is 0. The fraction of sp³-hybridized carbons (Fsp3) is 0.857. The van der Waals surface area contributed by atoms with Gasteiger partial charge < -0.3 is 4.90 Å². The van der Waals surface area contributed by atoms with Crippen LogP contribution in [0.15, 0.2) is 0 Å². The molecule has 0 saturated carbocycles. The van der Waals surface area contributed by atoms with E-state index in [1.165, 1.54) is 0 Å². The van der Waals surface area contributed by atoms with Crippen LogP contribution in [0, 0.1) is 0 Å². The maximum Gasteiger partial charge on any atom is 0.238 e. The van der Waals surface area contributed by atoms with Crippen LogP contribution in [0.25, 0.3) is 0 Å². The van der Waals surface area contributed by atoms with Gasteiger partial charge in [0.1, 0.15) is 0 Å². The third-order valence-corrected chi connectivity index (χ3v) is 2.50. The quantitative estimate of drug-likeness (QED) is 0.480. The van der Waals surface area contributed by atoms with Crippen molar-refractivity contribution in [3.05, 3.63) is 0 Å². The van der Waals surface area contributed by atoms with Crippen LogP contribution < -0.4 is 0 Å². The predicted molar refractivity (Wildman–Crippen MR) is 39.5 cm³/mol. The maximum absolute atomic E-state index is 11.1. The summed E-state index contributed by atoms with van der Waals surface area (Å²) in [4.78, 5) is 14.9. The lowest BCUT2D eigenvalue weighted by atomic mass is 10.2. The number of likely N-dealkylation sites (N-methyl/N-ethyl adjacent to an activating group) is 2. The second-order valence-corrected chi connectivity index (χ2v) is 3.30. The molecule has 0 aromatic heterocycles. The summed E-state index contributed by atoms with van der Waals surface area (Å²) < 4.78 is 0. The highest BCUT2D eigenvalue weighted by molar-refractivity contribution is 5.80. The molecule has 1 fully saturated rings. The van der Waals surface area contributed by atoms with Crippen molar-refractivity contribution in [3.8, 4) is 0 Å². The largest absolute Gasteiger partial charge is 0.327 e. The van der Waals surface area contributed by atoms with Crippen molar-refractivity contribution in [1.82, 2.24) is 9.80 Å². The van der Waals surface area contributed by atoms with Gasteiger partial charge >= 0.3 is 0 Å². The third-order valence-electron chi connectivity index (χ3n) is 2.50. The van der Waals surface area contributed by atoms with Crippen LogP contribution in [-0.4, -0.2) is 42.0 Å². The van der Waals surface area contributed by atoms with E-state index in [9.17, 15) is 4.79 Å². The van der Waals surface area contributed by atoms with Crippen LogP contribution in [0.4, 0.5) is 0 Å². The van der Waals surface area contributed by atoms with Crippen molar-refractivity contribution in [2.24, 2.45) is 0 Å². The van der Waals surface area contributed by atoms with Crippen LogP contribution >= 0.6 is 0 Å². The minimum Gasteiger partial charge on any atom is -0.327 e. The zero-order valence-corrected chi connectivity index (χ0v) is 7.01. The van der Waals surface area contributed by atoms with Crippen LogP contribution in [0.5, 0.6) is 0 Å². The summed E-state index contributed by atoms with van der Waals surface area (Å²) >= 11 is 0. The fourth-order valence-electron chi connectivity index (χ4n) is 1.06. The highest BCUT2D eigenvalue weighted by Gasteiger charge is 2.39. The van der Waals surface area contributed by atoms with E-state index in [0.717, 1.165) is 0 Å². The molecule has 1 aliphatic heterocycles. The van der Waals surface area contributed by atoms with Gasteiger partial charge in [0, 0.05) is 7.05 Å². The molecule has 1 saturated heterocycles. The molecule has 0 aromatic carbocycles. The van der Waals surface area contributed by atoms with Crippen LogP contribution in [0.3, 0.4) is 0 Å². The van der Waals surface area contributed by atoms with Gasteiger partial charge in [-0.25, -0.2) is 0 Å². The molecule has 1 heterocycles. The van der Waals surface area contributed by atoms with Gasteiger partial charge in [0.05, 0.1) is 12.2 Å². The molecule has 1 amide bonds. The smallest absolute Gasteiger partial charge is 0.238 e. The first-order chi connectivity index (χ1) is 4.46. The molecule has 0 bridgehead atoms. The molecule has 0 unspecified atom stereocenters. The Balaban J connectivity index is 2.85. The van der Waals surface area contributed by atoms with Crippen molar-refractivity contribution >= 4 is 5.91 Å². The molecule has 10 heavy (non-hydrogen) atoms. The van der Waals surface area contributed by atoms with Gasteiger partial charge in [-0.1, -0.05) is 0 Å². The summed E-state index contributed by atoms with van der Waals surface area (Å²) in [6, 6.07) is 0. The van der Waals surface area contributed by atoms with Gasteiger partial charge in [-0.15, -0.1) is 0 Å². The van der Waals surface area contributed by atoms with E-state index in [1.54, 1.807) is 4.90 Å². The fourth-order valence-corrected chi connectivity index (χ4v) is 1.06. The SMILES string of the molecule is CN1CC(=O)N(C)C1(C)C. The second kappa shape index (κ2) is 1.95. The first kappa shape index (κ1) is 7.54. The van der Waals surface area contributed by atoms with Crippen molar-refractivity contribution < 1.29 is 4.79 Å². The number of carbonyl (C=O) groups is 1. The summed E-state index contributed by atoms with van der Waals surface area (Å²) in [5.74, 6) is 0.201. The zero-order valence-electron chi connectivity index (χ0n) is 7.01. The third kappa shape index (κ3) is 0.814. The number of amides is 1. The van der Waals surface area contributed by atoms with E-state index in [1.807, 2.05) is 32.8 Å². The summed E-state index contributed by atoms with van der Waals surface area (Å²) in [6.45, 7) is 4.62. The monoisotopic (exact) mass is 142 g/mol. The Morgan fingerprint density at radius 2 is 1.90 bits per heavy atom. The molecule has 0 N–H and O–H groups in total. The van der Waals surface area contributed by atoms with Crippen LogP contribution in [0.1, 0.15) is 13.8 Å². The Kier molecular flexibility index (Phi) is 1.47. The number of nitrogens with zero attached hydrogens (tertiary/aromatic N) is 2. The molecule has 0 atom stereocenters. The Labute approximate surface area is 61.6 Å². The molecular weight excluding hydrogens is 128 g/mol. The lowest BCUT2D eigenvalue weighted by molar-refractivity contribution is -0.128. The van der Waals surface area contributed by atoms with Gasteiger partial charge in [0.2, 0.25) is 5.91 Å². The predicted octanol–water partition coefficient (Wildman–Crippen LogP) is 0.126. The average molecular weight is 142 g/mol. The Hall–Kier alpha value is -0.570. The van der Waals surface area contributed by atoms with E-state index in [2.05, 4.69) is 0 Å². The van der Waals surface area contributed by atoms with Gasteiger partial charge in [-0.3, -0.25) is 9.69 Å².